The smallest absolute Gasteiger partial charge is 0.104 e. The van der Waals surface area contributed by atoms with Crippen molar-refractivity contribution in [1.82, 2.24) is 4.98 Å². The number of anilines is 3. The lowest BCUT2D eigenvalue weighted by Crippen LogP contribution is -2.44. The minimum absolute atomic E-state index is 0.303. The zero-order valence-electron chi connectivity index (χ0n) is 18.5. The Hall–Kier alpha value is -2.81. The Balaban J connectivity index is 1.57. The minimum atomic E-state index is 0.303. The molecule has 1 aliphatic heterocycles. The van der Waals surface area contributed by atoms with Gasteiger partial charge in [0.25, 0.3) is 0 Å². The fraction of sp³-hybridized carbons (Fsp3) is 0.370. The molecule has 2 aliphatic rings. The van der Waals surface area contributed by atoms with E-state index >= 15 is 0 Å². The van der Waals surface area contributed by atoms with Crippen molar-refractivity contribution in [2.75, 3.05) is 9.80 Å². The molecule has 1 fully saturated rings. The van der Waals surface area contributed by atoms with E-state index in [0.717, 1.165) is 5.69 Å². The van der Waals surface area contributed by atoms with E-state index in [0.29, 0.717) is 12.2 Å². The Kier molecular flexibility index (Phi) is 4.77. The first-order chi connectivity index (χ1) is 14.6. The van der Waals surface area contributed by atoms with E-state index in [1.807, 2.05) is 0 Å². The second kappa shape index (κ2) is 7.46. The van der Waals surface area contributed by atoms with Crippen LogP contribution in [0.25, 0.3) is 11.3 Å². The van der Waals surface area contributed by atoms with Crippen LogP contribution in [0.5, 0.6) is 0 Å². The van der Waals surface area contributed by atoms with Crippen LogP contribution in [0.1, 0.15) is 49.3 Å². The van der Waals surface area contributed by atoms with E-state index in [2.05, 4.69) is 92.2 Å². The van der Waals surface area contributed by atoms with Gasteiger partial charge in [0.1, 0.15) is 6.17 Å². The number of nitrogens with zero attached hydrogens (tertiary/aromatic N) is 3. The summed E-state index contributed by atoms with van der Waals surface area (Å²) in [4.78, 5) is 10.1. The first kappa shape index (κ1) is 19.2. The highest BCUT2D eigenvalue weighted by Gasteiger charge is 2.39. The Morgan fingerprint density at radius 2 is 1.47 bits per heavy atom. The van der Waals surface area contributed by atoms with Crippen LogP contribution in [-0.2, 0) is 0 Å². The Bertz CT molecular complexity index is 1060. The number of aromatic nitrogens is 1. The molecule has 154 valence electrons. The van der Waals surface area contributed by atoms with Crippen molar-refractivity contribution in [3.63, 3.8) is 0 Å². The third-order valence-corrected chi connectivity index (χ3v) is 6.99. The summed E-state index contributed by atoms with van der Waals surface area (Å²) in [6.07, 6.45) is 7.69. The summed E-state index contributed by atoms with van der Waals surface area (Å²) in [7, 11) is 0. The van der Waals surface area contributed by atoms with Crippen LogP contribution in [0.15, 0.2) is 54.7 Å². The first-order valence-corrected chi connectivity index (χ1v) is 11.3. The summed E-state index contributed by atoms with van der Waals surface area (Å²) < 4.78 is 0. The third kappa shape index (κ3) is 2.99. The van der Waals surface area contributed by atoms with E-state index < -0.39 is 0 Å². The van der Waals surface area contributed by atoms with Gasteiger partial charge in [-0.05, 0) is 75.4 Å². The molecule has 0 radical (unpaired) electrons. The van der Waals surface area contributed by atoms with Crippen molar-refractivity contribution in [2.24, 2.45) is 0 Å². The van der Waals surface area contributed by atoms with Crippen molar-refractivity contribution in [3.05, 3.63) is 71.4 Å². The lowest BCUT2D eigenvalue weighted by atomic mass is 9.98. The number of rotatable bonds is 3. The summed E-state index contributed by atoms with van der Waals surface area (Å²) in [6, 6.07) is 18.3. The maximum absolute atomic E-state index is 4.95. The average molecular weight is 398 g/mol. The predicted molar refractivity (Wildman–Crippen MR) is 127 cm³/mol. The molecule has 0 bridgehead atoms. The molecule has 1 saturated carbocycles. The molecule has 0 unspecified atom stereocenters. The normalized spacial score (nSPS) is 18.9. The van der Waals surface area contributed by atoms with Crippen LogP contribution in [-0.4, -0.2) is 17.2 Å². The molecule has 3 heteroatoms. The molecule has 1 aromatic heterocycles. The number of fused-ring (bicyclic) bond motifs is 1. The summed E-state index contributed by atoms with van der Waals surface area (Å²) >= 11 is 0. The fourth-order valence-corrected chi connectivity index (χ4v) is 5.58. The van der Waals surface area contributed by atoms with Gasteiger partial charge in [-0.25, -0.2) is 0 Å². The molecule has 0 spiro atoms. The number of hydrogen-bond acceptors (Lipinski definition) is 3. The number of pyridine rings is 1. The standard InChI is InChI=1S/C27H31N3/c1-18-10-9-11-19(2)27(18)23-16-20(3)26(17-28-23)30-21(4)29(22-12-5-6-13-22)24-14-7-8-15-25(24)30/h7-11,14-17,21-22H,5-6,12-13H2,1-4H3/t21-/m1/s1. The maximum atomic E-state index is 4.95. The molecule has 1 atom stereocenters. The molecule has 2 heterocycles. The van der Waals surface area contributed by atoms with Crippen LogP contribution in [0.3, 0.4) is 0 Å². The SMILES string of the molecule is Cc1cc(-c2c(C)cccc2C)ncc1N1c2ccccc2N(C2CCCC2)[C@H]1C. The first-order valence-electron chi connectivity index (χ1n) is 11.3. The molecule has 0 saturated heterocycles. The van der Waals surface area contributed by atoms with Gasteiger partial charge < -0.3 is 9.80 Å². The highest BCUT2D eigenvalue weighted by molar-refractivity contribution is 5.85. The zero-order valence-corrected chi connectivity index (χ0v) is 18.5. The van der Waals surface area contributed by atoms with Crippen molar-refractivity contribution in [2.45, 2.75) is 65.6 Å². The van der Waals surface area contributed by atoms with E-state index in [1.165, 1.54) is 65.0 Å². The van der Waals surface area contributed by atoms with Crippen molar-refractivity contribution >= 4 is 17.1 Å². The number of aryl methyl sites for hydroxylation is 3. The van der Waals surface area contributed by atoms with Gasteiger partial charge in [0, 0.05) is 11.6 Å². The lowest BCUT2D eigenvalue weighted by molar-refractivity contribution is 0.554. The molecule has 1 aliphatic carbocycles. The Labute approximate surface area is 180 Å². The zero-order chi connectivity index (χ0) is 20.8. The van der Waals surface area contributed by atoms with Gasteiger partial charge in [0.2, 0.25) is 0 Å². The third-order valence-electron chi connectivity index (χ3n) is 6.99. The van der Waals surface area contributed by atoms with Gasteiger partial charge in [-0.2, -0.15) is 0 Å². The van der Waals surface area contributed by atoms with Crippen LogP contribution >= 0.6 is 0 Å². The topological polar surface area (TPSA) is 19.4 Å². The minimum Gasteiger partial charge on any atom is -0.346 e. The molecule has 3 aromatic rings. The van der Waals surface area contributed by atoms with Gasteiger partial charge in [0.15, 0.2) is 0 Å². The van der Waals surface area contributed by atoms with Crippen LogP contribution in [0, 0.1) is 20.8 Å². The molecule has 5 rings (SSSR count). The molecular formula is C27H31N3. The van der Waals surface area contributed by atoms with E-state index in [-0.39, 0.29) is 0 Å². The Morgan fingerprint density at radius 1 is 0.800 bits per heavy atom. The van der Waals surface area contributed by atoms with E-state index in [1.54, 1.807) is 0 Å². The van der Waals surface area contributed by atoms with Crippen molar-refractivity contribution in [1.29, 1.82) is 0 Å². The molecule has 3 nitrogen and oxygen atoms in total. The second-order valence-corrected chi connectivity index (χ2v) is 8.96. The van der Waals surface area contributed by atoms with Crippen LogP contribution in [0.4, 0.5) is 17.1 Å². The van der Waals surface area contributed by atoms with Crippen molar-refractivity contribution in [3.8, 4) is 11.3 Å². The van der Waals surface area contributed by atoms with Crippen LogP contribution < -0.4 is 9.80 Å². The van der Waals surface area contributed by atoms with E-state index in [9.17, 15) is 0 Å². The highest BCUT2D eigenvalue weighted by Crippen LogP contribution is 2.47. The summed E-state index contributed by atoms with van der Waals surface area (Å²) in [5.41, 5.74) is 10.1. The van der Waals surface area contributed by atoms with Gasteiger partial charge in [-0.1, -0.05) is 43.2 Å². The fourth-order valence-electron chi connectivity index (χ4n) is 5.58. The quantitative estimate of drug-likeness (QED) is 0.478. The van der Waals surface area contributed by atoms with Gasteiger partial charge in [0.05, 0.1) is 29.0 Å². The molecule has 30 heavy (non-hydrogen) atoms. The van der Waals surface area contributed by atoms with Crippen molar-refractivity contribution < 1.29 is 0 Å². The van der Waals surface area contributed by atoms with Crippen LogP contribution in [0.2, 0.25) is 0 Å². The summed E-state index contributed by atoms with van der Waals surface area (Å²) in [5.74, 6) is 0. The lowest BCUT2D eigenvalue weighted by Gasteiger charge is -2.35. The predicted octanol–water partition coefficient (Wildman–Crippen LogP) is 6.92. The monoisotopic (exact) mass is 397 g/mol. The maximum Gasteiger partial charge on any atom is 0.104 e. The number of benzene rings is 2. The average Bonchev–Trinajstić information content (AvgIpc) is 3.34. The van der Waals surface area contributed by atoms with Gasteiger partial charge in [-0.15, -0.1) is 0 Å². The molecular weight excluding hydrogens is 366 g/mol. The largest absolute Gasteiger partial charge is 0.346 e. The second-order valence-electron chi connectivity index (χ2n) is 8.96. The van der Waals surface area contributed by atoms with Gasteiger partial charge >= 0.3 is 0 Å². The summed E-state index contributed by atoms with van der Waals surface area (Å²) in [5, 5.41) is 0. The summed E-state index contributed by atoms with van der Waals surface area (Å²) in [6.45, 7) is 8.91. The van der Waals surface area contributed by atoms with E-state index in [4.69, 9.17) is 4.98 Å². The highest BCUT2D eigenvalue weighted by atomic mass is 15.4. The number of para-hydroxylation sites is 2. The molecule has 2 aromatic carbocycles. The Morgan fingerprint density at radius 3 is 2.13 bits per heavy atom. The molecule has 0 amide bonds. The molecule has 0 N–H and O–H groups in total. The van der Waals surface area contributed by atoms with Gasteiger partial charge in [-0.3, -0.25) is 4.98 Å². The number of hydrogen-bond donors (Lipinski definition) is 0.